The second kappa shape index (κ2) is 9.87. The van der Waals surface area contributed by atoms with Crippen LogP contribution < -0.4 is 5.49 Å². The highest BCUT2D eigenvalue weighted by molar-refractivity contribution is 6.29. The van der Waals surface area contributed by atoms with E-state index >= 15 is 0 Å². The van der Waals surface area contributed by atoms with E-state index in [2.05, 4.69) is 16.8 Å². The van der Waals surface area contributed by atoms with E-state index in [1.54, 1.807) is 13.0 Å². The van der Waals surface area contributed by atoms with Gasteiger partial charge in [-0.05, 0) is 25.8 Å². The molecule has 1 aromatic carbocycles. The van der Waals surface area contributed by atoms with Gasteiger partial charge in [0.1, 0.15) is 28.1 Å². The van der Waals surface area contributed by atoms with Crippen molar-refractivity contribution in [1.82, 2.24) is 9.78 Å². The van der Waals surface area contributed by atoms with Crippen molar-refractivity contribution >= 4 is 35.9 Å². The van der Waals surface area contributed by atoms with E-state index in [0.29, 0.717) is 0 Å². The second-order valence-electron chi connectivity index (χ2n) is 5.24. The molecule has 27 heavy (non-hydrogen) atoms. The first kappa shape index (κ1) is 22.4. The van der Waals surface area contributed by atoms with E-state index in [9.17, 15) is 8.78 Å². The Bertz CT molecular complexity index is 934. The highest BCUT2D eigenvalue weighted by atomic mass is 35.5. The molecular formula is C19H22ClF2N5. The lowest BCUT2D eigenvalue weighted by Crippen LogP contribution is -2.32. The topological polar surface area (TPSA) is 77.9 Å². The summed E-state index contributed by atoms with van der Waals surface area (Å²) in [6.07, 6.45) is 3.05. The average Bonchev–Trinajstić information content (AvgIpc) is 2.66. The molecule has 2 N–H and O–H groups in total. The molecule has 8 heteroatoms. The monoisotopic (exact) mass is 393 g/mol. The molecule has 1 aromatic heterocycles. The Morgan fingerprint density at radius 3 is 2.56 bits per heavy atom. The normalized spacial score (nSPS) is 11.7. The summed E-state index contributed by atoms with van der Waals surface area (Å²) in [6.45, 7) is 10.5. The van der Waals surface area contributed by atoms with Crippen LogP contribution in [0.4, 0.5) is 14.5 Å². The number of rotatable bonds is 4. The van der Waals surface area contributed by atoms with Gasteiger partial charge in [-0.2, -0.15) is 5.10 Å². The molecule has 2 aromatic rings. The van der Waals surface area contributed by atoms with E-state index < -0.39 is 17.6 Å². The van der Waals surface area contributed by atoms with Crippen LogP contribution in [0.1, 0.15) is 44.7 Å². The molecule has 2 rings (SSSR count). The first-order chi connectivity index (χ1) is 12.8. The number of nitrogens with one attached hydrogen (secondary N) is 2. The smallest absolute Gasteiger partial charge is 0.150 e. The van der Waals surface area contributed by atoms with Gasteiger partial charge >= 0.3 is 0 Å². The maximum absolute atomic E-state index is 14.9. The van der Waals surface area contributed by atoms with Crippen molar-refractivity contribution < 1.29 is 8.78 Å². The molecule has 1 atom stereocenters. The van der Waals surface area contributed by atoms with E-state index in [1.165, 1.54) is 25.1 Å². The van der Waals surface area contributed by atoms with E-state index in [0.717, 1.165) is 10.7 Å². The summed E-state index contributed by atoms with van der Waals surface area (Å²) in [5.41, 5.74) is -0.270. The zero-order valence-corrected chi connectivity index (χ0v) is 16.4. The SMILES string of the molecule is C=Nc1cc(F)c(C(C)C(=N)n2nc(Cl)ccc2=N)c(F)c1/C=C\C.CC. The lowest BCUT2D eigenvalue weighted by atomic mass is 9.95. The second-order valence-corrected chi connectivity index (χ2v) is 5.62. The van der Waals surface area contributed by atoms with Gasteiger partial charge in [0.15, 0.2) is 0 Å². The van der Waals surface area contributed by atoms with Gasteiger partial charge in [-0.3, -0.25) is 15.8 Å². The zero-order valence-electron chi connectivity index (χ0n) is 15.6. The third-order valence-corrected chi connectivity index (χ3v) is 3.85. The van der Waals surface area contributed by atoms with Gasteiger partial charge in [-0.15, -0.1) is 0 Å². The largest absolute Gasteiger partial charge is 0.286 e. The van der Waals surface area contributed by atoms with Crippen LogP contribution in [-0.4, -0.2) is 22.3 Å². The highest BCUT2D eigenvalue weighted by Crippen LogP contribution is 2.33. The van der Waals surface area contributed by atoms with Crippen LogP contribution in [-0.2, 0) is 0 Å². The summed E-state index contributed by atoms with van der Waals surface area (Å²) in [4.78, 5) is 3.64. The highest BCUT2D eigenvalue weighted by Gasteiger charge is 2.25. The van der Waals surface area contributed by atoms with Crippen LogP contribution in [0.2, 0.25) is 5.15 Å². The van der Waals surface area contributed by atoms with Gasteiger partial charge in [0.2, 0.25) is 0 Å². The molecule has 0 amide bonds. The molecule has 144 valence electrons. The molecule has 0 bridgehead atoms. The minimum absolute atomic E-state index is 0.0645. The van der Waals surface area contributed by atoms with Crippen molar-refractivity contribution in [2.75, 3.05) is 0 Å². The van der Waals surface area contributed by atoms with Crippen LogP contribution in [0.3, 0.4) is 0 Å². The standard InChI is InChI=1S/C17H16ClF2N5.C2H6/c1-4-5-10-12(23-3)8-11(19)15(16(10)20)9(2)17(22)25-14(21)7-6-13(18)24-25;1-2/h4-9,21-22H,3H2,1-2H3;1-2H3/b5-4-,21-14?,22-17?;. The molecule has 1 unspecified atom stereocenters. The number of hydrogen-bond donors (Lipinski definition) is 2. The first-order valence-corrected chi connectivity index (χ1v) is 8.70. The van der Waals surface area contributed by atoms with Gasteiger partial charge in [0.25, 0.3) is 0 Å². The van der Waals surface area contributed by atoms with Crippen LogP contribution in [0, 0.1) is 22.5 Å². The summed E-state index contributed by atoms with van der Waals surface area (Å²) < 4.78 is 30.3. The van der Waals surface area contributed by atoms with Gasteiger partial charge in [0, 0.05) is 23.1 Å². The molecule has 0 aliphatic rings. The zero-order chi connectivity index (χ0) is 20.7. The number of aliphatic imine (C=N–C) groups is 1. The van der Waals surface area contributed by atoms with E-state index in [-0.39, 0.29) is 33.3 Å². The summed E-state index contributed by atoms with van der Waals surface area (Å²) >= 11 is 5.79. The molecule has 5 nitrogen and oxygen atoms in total. The third-order valence-electron chi connectivity index (χ3n) is 3.65. The number of aromatic nitrogens is 2. The van der Waals surface area contributed by atoms with Crippen LogP contribution in [0.25, 0.3) is 6.08 Å². The van der Waals surface area contributed by atoms with Crippen LogP contribution >= 0.6 is 11.6 Å². The maximum atomic E-state index is 14.9. The molecule has 0 fully saturated rings. The van der Waals surface area contributed by atoms with Crippen molar-refractivity contribution in [2.45, 2.75) is 33.6 Å². The van der Waals surface area contributed by atoms with Crippen molar-refractivity contribution in [3.63, 3.8) is 0 Å². The molecule has 0 spiro atoms. The Morgan fingerprint density at radius 1 is 1.37 bits per heavy atom. The fraction of sp³-hybridized carbons (Fsp3) is 0.263. The third kappa shape index (κ3) is 4.74. The number of nitrogens with zero attached hydrogens (tertiary/aromatic N) is 3. The maximum Gasteiger partial charge on any atom is 0.150 e. The summed E-state index contributed by atoms with van der Waals surface area (Å²) in [7, 11) is 0. The van der Waals surface area contributed by atoms with Crippen LogP contribution in [0.5, 0.6) is 0 Å². The van der Waals surface area contributed by atoms with Crippen molar-refractivity contribution in [3.05, 3.63) is 57.7 Å². The first-order valence-electron chi connectivity index (χ1n) is 8.32. The Morgan fingerprint density at radius 2 is 2.00 bits per heavy atom. The summed E-state index contributed by atoms with van der Waals surface area (Å²) in [6, 6.07) is 3.82. The van der Waals surface area contributed by atoms with Crippen molar-refractivity contribution in [2.24, 2.45) is 4.99 Å². The molecule has 1 heterocycles. The predicted molar refractivity (Wildman–Crippen MR) is 106 cm³/mol. The number of hydrogen-bond acceptors (Lipinski definition) is 4. The van der Waals surface area contributed by atoms with E-state index in [1.807, 2.05) is 13.8 Å². The van der Waals surface area contributed by atoms with Gasteiger partial charge < -0.3 is 0 Å². The average molecular weight is 394 g/mol. The fourth-order valence-corrected chi connectivity index (χ4v) is 2.53. The minimum Gasteiger partial charge on any atom is -0.286 e. The Kier molecular flexibility index (Phi) is 8.18. The molecule has 0 radical (unpaired) electrons. The lowest BCUT2D eigenvalue weighted by Gasteiger charge is -2.18. The number of allylic oxidation sites excluding steroid dienone is 1. The quantitative estimate of drug-likeness (QED) is 0.535. The molecule has 0 aliphatic carbocycles. The van der Waals surface area contributed by atoms with Crippen LogP contribution in [0.15, 0.2) is 29.3 Å². The molecular weight excluding hydrogens is 372 g/mol. The van der Waals surface area contributed by atoms with Crippen molar-refractivity contribution in [1.29, 1.82) is 10.8 Å². The number of halogens is 3. The Labute approximate surface area is 162 Å². The summed E-state index contributed by atoms with van der Waals surface area (Å²) in [5.74, 6) is -2.97. The van der Waals surface area contributed by atoms with Gasteiger partial charge in [-0.25, -0.2) is 13.5 Å². The summed E-state index contributed by atoms with van der Waals surface area (Å²) in [5, 5.41) is 19.9. The predicted octanol–water partition coefficient (Wildman–Crippen LogP) is 5.31. The van der Waals surface area contributed by atoms with E-state index in [4.69, 9.17) is 22.4 Å². The molecule has 0 saturated heterocycles. The van der Waals surface area contributed by atoms with Gasteiger partial charge in [-0.1, -0.05) is 44.5 Å². The van der Waals surface area contributed by atoms with Crippen molar-refractivity contribution in [3.8, 4) is 0 Å². The molecule has 0 aliphatic heterocycles. The minimum atomic E-state index is -1.01. The lowest BCUT2D eigenvalue weighted by molar-refractivity contribution is 0.549. The Balaban J connectivity index is 0.00000176. The fourth-order valence-electron chi connectivity index (χ4n) is 2.40. The molecule has 0 saturated carbocycles. The number of benzene rings is 1. The Hall–Kier alpha value is -2.67. The van der Waals surface area contributed by atoms with Gasteiger partial charge in [0.05, 0.1) is 5.69 Å².